The molecule has 2 rings (SSSR count). The van der Waals surface area contributed by atoms with Crippen LogP contribution < -0.4 is 15.5 Å². The number of carbonyl (C=O) groups is 1. The van der Waals surface area contributed by atoms with Crippen LogP contribution in [0.3, 0.4) is 0 Å². The lowest BCUT2D eigenvalue weighted by molar-refractivity contribution is -0.125. The van der Waals surface area contributed by atoms with Crippen molar-refractivity contribution in [3.8, 4) is 0 Å². The number of amides is 1. The van der Waals surface area contributed by atoms with E-state index < -0.39 is 0 Å². The Morgan fingerprint density at radius 3 is 2.71 bits per heavy atom. The van der Waals surface area contributed by atoms with Gasteiger partial charge in [0.25, 0.3) is 0 Å². The molecule has 0 spiro atoms. The van der Waals surface area contributed by atoms with Crippen LogP contribution in [-0.2, 0) is 4.79 Å². The second kappa shape index (κ2) is 7.49. The number of rotatable bonds is 5. The molecule has 0 aromatic carbocycles. The zero-order chi connectivity index (χ0) is 15.2. The molecule has 116 valence electrons. The van der Waals surface area contributed by atoms with Crippen molar-refractivity contribution >= 4 is 29.3 Å². The van der Waals surface area contributed by atoms with Crippen LogP contribution >= 0.6 is 11.8 Å². The summed E-state index contributed by atoms with van der Waals surface area (Å²) >= 11 is 1.54. The Morgan fingerprint density at radius 1 is 1.43 bits per heavy atom. The first-order chi connectivity index (χ1) is 10.2. The summed E-state index contributed by atoms with van der Waals surface area (Å²) in [6.45, 7) is 4.60. The lowest BCUT2D eigenvalue weighted by Crippen LogP contribution is -2.40. The van der Waals surface area contributed by atoms with E-state index in [9.17, 15) is 4.79 Å². The third-order valence-corrected chi connectivity index (χ3v) is 4.22. The first-order valence-corrected chi connectivity index (χ1v) is 8.53. The standard InChI is InChI=1S/C14H23N5OS/c1-4-16-11-9-12(18-14(17-11)21-3)19-7-5-10(6-8-19)13(20)15-2/h9-10H,4-8H2,1-3H3,(H,15,20)(H,16,17,18). The number of nitrogens with zero attached hydrogens (tertiary/aromatic N) is 3. The molecule has 0 aliphatic carbocycles. The van der Waals surface area contributed by atoms with E-state index >= 15 is 0 Å². The topological polar surface area (TPSA) is 70.2 Å². The average Bonchev–Trinajstić information content (AvgIpc) is 2.54. The second-order valence-corrected chi connectivity index (χ2v) is 5.78. The first kappa shape index (κ1) is 15.9. The van der Waals surface area contributed by atoms with Gasteiger partial charge in [0.1, 0.15) is 11.6 Å². The Balaban J connectivity index is 2.08. The van der Waals surface area contributed by atoms with Gasteiger partial charge in [-0.2, -0.15) is 0 Å². The van der Waals surface area contributed by atoms with E-state index in [1.807, 2.05) is 12.3 Å². The number of carbonyl (C=O) groups excluding carboxylic acids is 1. The Morgan fingerprint density at radius 2 is 2.14 bits per heavy atom. The van der Waals surface area contributed by atoms with Gasteiger partial charge in [0, 0.05) is 38.7 Å². The van der Waals surface area contributed by atoms with Crippen molar-refractivity contribution in [3.63, 3.8) is 0 Å². The third kappa shape index (κ3) is 4.00. The van der Waals surface area contributed by atoms with Crippen LogP contribution in [0.5, 0.6) is 0 Å². The van der Waals surface area contributed by atoms with Gasteiger partial charge in [0.2, 0.25) is 5.91 Å². The Kier molecular flexibility index (Phi) is 5.67. The van der Waals surface area contributed by atoms with Crippen molar-refractivity contribution < 1.29 is 4.79 Å². The smallest absolute Gasteiger partial charge is 0.222 e. The molecule has 6 nitrogen and oxygen atoms in total. The molecule has 1 aromatic heterocycles. The van der Waals surface area contributed by atoms with E-state index in [1.165, 1.54) is 0 Å². The Bertz CT molecular complexity index is 488. The summed E-state index contributed by atoms with van der Waals surface area (Å²) in [4.78, 5) is 22.9. The molecule has 1 fully saturated rings. The zero-order valence-corrected chi connectivity index (χ0v) is 13.7. The molecule has 1 amide bonds. The zero-order valence-electron chi connectivity index (χ0n) is 12.8. The molecule has 1 aliphatic rings. The third-order valence-electron chi connectivity index (χ3n) is 3.67. The van der Waals surface area contributed by atoms with Crippen LogP contribution in [-0.4, -0.2) is 48.8 Å². The summed E-state index contributed by atoms with van der Waals surface area (Å²) in [6.07, 6.45) is 3.72. The van der Waals surface area contributed by atoms with Crippen molar-refractivity contribution in [2.24, 2.45) is 5.92 Å². The normalized spacial score (nSPS) is 15.9. The second-order valence-electron chi connectivity index (χ2n) is 5.00. The molecule has 7 heteroatoms. The maximum absolute atomic E-state index is 11.7. The Labute approximate surface area is 130 Å². The van der Waals surface area contributed by atoms with Gasteiger partial charge < -0.3 is 15.5 Å². The van der Waals surface area contributed by atoms with Gasteiger partial charge in [-0.05, 0) is 26.0 Å². The SMILES string of the molecule is CCNc1cc(N2CCC(C(=O)NC)CC2)nc(SC)n1. The van der Waals surface area contributed by atoms with Crippen molar-refractivity contribution in [3.05, 3.63) is 6.07 Å². The molecular weight excluding hydrogens is 286 g/mol. The minimum Gasteiger partial charge on any atom is -0.370 e. The van der Waals surface area contributed by atoms with E-state index in [4.69, 9.17) is 0 Å². The summed E-state index contributed by atoms with van der Waals surface area (Å²) in [5.41, 5.74) is 0. The molecule has 0 atom stereocenters. The fourth-order valence-electron chi connectivity index (χ4n) is 2.51. The number of anilines is 2. The van der Waals surface area contributed by atoms with Gasteiger partial charge in [-0.25, -0.2) is 9.97 Å². The van der Waals surface area contributed by atoms with Gasteiger partial charge in [-0.3, -0.25) is 4.79 Å². The van der Waals surface area contributed by atoms with Crippen molar-refractivity contribution in [2.45, 2.75) is 24.9 Å². The first-order valence-electron chi connectivity index (χ1n) is 7.31. The highest BCUT2D eigenvalue weighted by Gasteiger charge is 2.25. The fourth-order valence-corrected chi connectivity index (χ4v) is 2.89. The quantitative estimate of drug-likeness (QED) is 0.636. The highest BCUT2D eigenvalue weighted by Crippen LogP contribution is 2.25. The summed E-state index contributed by atoms with van der Waals surface area (Å²) < 4.78 is 0. The maximum Gasteiger partial charge on any atom is 0.222 e. The molecule has 2 heterocycles. The Hall–Kier alpha value is -1.50. The van der Waals surface area contributed by atoms with Gasteiger partial charge in [-0.15, -0.1) is 0 Å². The van der Waals surface area contributed by atoms with E-state index in [2.05, 4.69) is 32.4 Å². The molecule has 0 bridgehead atoms. The van der Waals surface area contributed by atoms with Crippen molar-refractivity contribution in [1.29, 1.82) is 0 Å². The van der Waals surface area contributed by atoms with Gasteiger partial charge in [-0.1, -0.05) is 11.8 Å². The summed E-state index contributed by atoms with van der Waals surface area (Å²) in [5, 5.41) is 6.75. The average molecular weight is 309 g/mol. The number of piperidine rings is 1. The van der Waals surface area contributed by atoms with Crippen LogP contribution in [0.2, 0.25) is 0 Å². The molecule has 2 N–H and O–H groups in total. The van der Waals surface area contributed by atoms with Crippen LogP contribution in [0.15, 0.2) is 11.2 Å². The van der Waals surface area contributed by atoms with Crippen LogP contribution in [0.4, 0.5) is 11.6 Å². The number of aromatic nitrogens is 2. The van der Waals surface area contributed by atoms with E-state index in [-0.39, 0.29) is 11.8 Å². The largest absolute Gasteiger partial charge is 0.370 e. The van der Waals surface area contributed by atoms with Crippen LogP contribution in [0.25, 0.3) is 0 Å². The summed E-state index contributed by atoms with van der Waals surface area (Å²) in [7, 11) is 1.70. The summed E-state index contributed by atoms with van der Waals surface area (Å²) in [6, 6.07) is 1.99. The fraction of sp³-hybridized carbons (Fsp3) is 0.643. The molecule has 21 heavy (non-hydrogen) atoms. The monoisotopic (exact) mass is 309 g/mol. The molecule has 0 unspecified atom stereocenters. The predicted molar refractivity (Wildman–Crippen MR) is 87.0 cm³/mol. The molecule has 1 aromatic rings. The van der Waals surface area contributed by atoms with Gasteiger partial charge >= 0.3 is 0 Å². The highest BCUT2D eigenvalue weighted by molar-refractivity contribution is 7.98. The molecular formula is C14H23N5OS. The lowest BCUT2D eigenvalue weighted by Gasteiger charge is -2.32. The minimum atomic E-state index is 0.126. The van der Waals surface area contributed by atoms with Crippen LogP contribution in [0.1, 0.15) is 19.8 Å². The maximum atomic E-state index is 11.7. The molecule has 0 saturated carbocycles. The van der Waals surface area contributed by atoms with Crippen LogP contribution in [0, 0.1) is 5.92 Å². The van der Waals surface area contributed by atoms with Crippen molar-refractivity contribution in [1.82, 2.24) is 15.3 Å². The lowest BCUT2D eigenvalue weighted by atomic mass is 9.96. The van der Waals surface area contributed by atoms with E-state index in [1.54, 1.807) is 18.8 Å². The predicted octanol–water partition coefficient (Wildman–Crippen LogP) is 1.59. The molecule has 1 saturated heterocycles. The van der Waals surface area contributed by atoms with Crippen molar-refractivity contribution in [2.75, 3.05) is 43.2 Å². The van der Waals surface area contributed by atoms with E-state index in [0.717, 1.165) is 49.3 Å². The number of nitrogens with one attached hydrogen (secondary N) is 2. The molecule has 0 radical (unpaired) electrons. The highest BCUT2D eigenvalue weighted by atomic mass is 32.2. The summed E-state index contributed by atoms with van der Waals surface area (Å²) in [5.74, 6) is 2.08. The number of thioether (sulfide) groups is 1. The van der Waals surface area contributed by atoms with E-state index in [0.29, 0.717) is 0 Å². The molecule has 1 aliphatic heterocycles. The van der Waals surface area contributed by atoms with Gasteiger partial charge in [0.05, 0.1) is 0 Å². The number of hydrogen-bond acceptors (Lipinski definition) is 6. The minimum absolute atomic E-state index is 0.126. The van der Waals surface area contributed by atoms with Gasteiger partial charge in [0.15, 0.2) is 5.16 Å². The number of hydrogen-bond donors (Lipinski definition) is 2.